The van der Waals surface area contributed by atoms with Crippen molar-refractivity contribution >= 4 is 11.6 Å². The Labute approximate surface area is 112 Å². The van der Waals surface area contributed by atoms with Crippen LogP contribution in [0.3, 0.4) is 0 Å². The number of hydrogen-bond donors (Lipinski definition) is 1. The zero-order chi connectivity index (χ0) is 12.5. The van der Waals surface area contributed by atoms with Crippen LogP contribution in [0, 0.1) is 0 Å². The molecule has 1 aliphatic rings. The van der Waals surface area contributed by atoms with E-state index in [9.17, 15) is 0 Å². The summed E-state index contributed by atoms with van der Waals surface area (Å²) in [5.41, 5.74) is 3.70. The van der Waals surface area contributed by atoms with Gasteiger partial charge in [0.2, 0.25) is 0 Å². The molecule has 0 bridgehead atoms. The first-order chi connectivity index (χ1) is 8.79. The van der Waals surface area contributed by atoms with Crippen molar-refractivity contribution in [2.45, 2.75) is 25.9 Å². The van der Waals surface area contributed by atoms with E-state index in [2.05, 4.69) is 27.9 Å². The Kier molecular flexibility index (Phi) is 3.10. The SMILES string of the molecule is CCn1cnc2c1C(c1cccc(Cl)c1)NCC2. The lowest BCUT2D eigenvalue weighted by atomic mass is 9.97. The molecular formula is C14H16ClN3. The van der Waals surface area contributed by atoms with Crippen LogP contribution < -0.4 is 5.32 Å². The molecule has 0 amide bonds. The van der Waals surface area contributed by atoms with Crippen LogP contribution in [0.4, 0.5) is 0 Å². The quantitative estimate of drug-likeness (QED) is 0.901. The largest absolute Gasteiger partial charge is 0.333 e. The van der Waals surface area contributed by atoms with Crippen LogP contribution in [0.5, 0.6) is 0 Å². The fourth-order valence-electron chi connectivity index (χ4n) is 2.60. The number of aryl methyl sites for hydroxylation is 1. The highest BCUT2D eigenvalue weighted by molar-refractivity contribution is 6.30. The Hall–Kier alpha value is -1.32. The molecule has 1 aromatic heterocycles. The number of benzene rings is 1. The summed E-state index contributed by atoms with van der Waals surface area (Å²) in [7, 11) is 0. The molecule has 1 atom stereocenters. The number of aromatic nitrogens is 2. The summed E-state index contributed by atoms with van der Waals surface area (Å²) >= 11 is 6.09. The number of halogens is 1. The maximum Gasteiger partial charge on any atom is 0.0952 e. The van der Waals surface area contributed by atoms with E-state index >= 15 is 0 Å². The molecular weight excluding hydrogens is 246 g/mol. The predicted molar refractivity (Wildman–Crippen MR) is 72.9 cm³/mol. The number of fused-ring (bicyclic) bond motifs is 1. The molecule has 3 nitrogen and oxygen atoms in total. The van der Waals surface area contributed by atoms with Gasteiger partial charge in [0, 0.05) is 24.5 Å². The molecule has 1 aliphatic heterocycles. The Morgan fingerprint density at radius 1 is 1.50 bits per heavy atom. The van der Waals surface area contributed by atoms with E-state index in [1.807, 2.05) is 24.5 Å². The van der Waals surface area contributed by atoms with Crippen molar-refractivity contribution in [3.05, 3.63) is 52.6 Å². The third-order valence-electron chi connectivity index (χ3n) is 3.46. The van der Waals surface area contributed by atoms with Crippen LogP contribution in [0.15, 0.2) is 30.6 Å². The van der Waals surface area contributed by atoms with Gasteiger partial charge in [-0.1, -0.05) is 23.7 Å². The molecule has 2 aromatic rings. The molecule has 2 heterocycles. The van der Waals surface area contributed by atoms with Gasteiger partial charge in [-0.2, -0.15) is 0 Å². The average molecular weight is 262 g/mol. The van der Waals surface area contributed by atoms with E-state index in [0.29, 0.717) is 0 Å². The lowest BCUT2D eigenvalue weighted by Crippen LogP contribution is -2.32. The van der Waals surface area contributed by atoms with E-state index < -0.39 is 0 Å². The molecule has 18 heavy (non-hydrogen) atoms. The second kappa shape index (κ2) is 4.75. The Morgan fingerprint density at radius 3 is 3.17 bits per heavy atom. The minimum absolute atomic E-state index is 0.204. The molecule has 1 unspecified atom stereocenters. The summed E-state index contributed by atoms with van der Waals surface area (Å²) in [6, 6.07) is 8.26. The van der Waals surface area contributed by atoms with Crippen LogP contribution in [-0.2, 0) is 13.0 Å². The van der Waals surface area contributed by atoms with Crippen molar-refractivity contribution in [3.8, 4) is 0 Å². The Bertz CT molecular complexity index is 548. The van der Waals surface area contributed by atoms with E-state index in [4.69, 9.17) is 11.6 Å². The topological polar surface area (TPSA) is 29.9 Å². The normalized spacial score (nSPS) is 18.7. The molecule has 3 rings (SSSR count). The van der Waals surface area contributed by atoms with Crippen LogP contribution in [0.2, 0.25) is 5.02 Å². The molecule has 0 aliphatic carbocycles. The van der Waals surface area contributed by atoms with Crippen molar-refractivity contribution in [3.63, 3.8) is 0 Å². The number of hydrogen-bond acceptors (Lipinski definition) is 2. The molecule has 0 saturated heterocycles. The van der Waals surface area contributed by atoms with Crippen molar-refractivity contribution in [1.29, 1.82) is 0 Å². The second-order valence-electron chi connectivity index (χ2n) is 4.55. The van der Waals surface area contributed by atoms with Gasteiger partial charge >= 0.3 is 0 Å². The minimum atomic E-state index is 0.204. The molecule has 1 aromatic carbocycles. The third kappa shape index (κ3) is 1.93. The van der Waals surface area contributed by atoms with Gasteiger partial charge in [-0.3, -0.25) is 0 Å². The number of nitrogens with one attached hydrogen (secondary N) is 1. The van der Waals surface area contributed by atoms with Crippen LogP contribution in [-0.4, -0.2) is 16.1 Å². The molecule has 0 saturated carbocycles. The summed E-state index contributed by atoms with van der Waals surface area (Å²) in [6.45, 7) is 4.05. The van der Waals surface area contributed by atoms with Gasteiger partial charge in [0.05, 0.1) is 23.8 Å². The second-order valence-corrected chi connectivity index (χ2v) is 4.99. The van der Waals surface area contributed by atoms with Gasteiger partial charge in [0.15, 0.2) is 0 Å². The van der Waals surface area contributed by atoms with Gasteiger partial charge in [0.25, 0.3) is 0 Å². The first-order valence-corrected chi connectivity index (χ1v) is 6.70. The van der Waals surface area contributed by atoms with E-state index in [1.54, 1.807) is 0 Å². The lowest BCUT2D eigenvalue weighted by Gasteiger charge is -2.26. The summed E-state index contributed by atoms with van der Waals surface area (Å²) in [4.78, 5) is 4.52. The van der Waals surface area contributed by atoms with Gasteiger partial charge in [-0.05, 0) is 24.6 Å². The minimum Gasteiger partial charge on any atom is -0.333 e. The average Bonchev–Trinajstić information content (AvgIpc) is 2.81. The number of rotatable bonds is 2. The standard InChI is InChI=1S/C14H16ClN3/c1-2-18-9-17-12-6-7-16-13(14(12)18)10-4-3-5-11(15)8-10/h3-5,8-9,13,16H,2,6-7H2,1H3. The van der Waals surface area contributed by atoms with Crippen LogP contribution in [0.25, 0.3) is 0 Å². The zero-order valence-corrected chi connectivity index (χ0v) is 11.1. The van der Waals surface area contributed by atoms with E-state index in [0.717, 1.165) is 24.5 Å². The highest BCUT2D eigenvalue weighted by Crippen LogP contribution is 2.29. The first kappa shape index (κ1) is 11.8. The summed E-state index contributed by atoms with van der Waals surface area (Å²) in [6.07, 6.45) is 2.94. The van der Waals surface area contributed by atoms with Crippen molar-refractivity contribution in [1.82, 2.24) is 14.9 Å². The molecule has 0 spiro atoms. The van der Waals surface area contributed by atoms with Gasteiger partial charge in [0.1, 0.15) is 0 Å². The van der Waals surface area contributed by atoms with Crippen molar-refractivity contribution in [2.24, 2.45) is 0 Å². The van der Waals surface area contributed by atoms with E-state index in [-0.39, 0.29) is 6.04 Å². The van der Waals surface area contributed by atoms with E-state index in [1.165, 1.54) is 17.0 Å². The Morgan fingerprint density at radius 2 is 2.39 bits per heavy atom. The maximum atomic E-state index is 6.09. The van der Waals surface area contributed by atoms with Crippen molar-refractivity contribution in [2.75, 3.05) is 6.54 Å². The highest BCUT2D eigenvalue weighted by atomic mass is 35.5. The fourth-order valence-corrected chi connectivity index (χ4v) is 2.80. The highest BCUT2D eigenvalue weighted by Gasteiger charge is 2.25. The first-order valence-electron chi connectivity index (χ1n) is 6.32. The van der Waals surface area contributed by atoms with Crippen LogP contribution >= 0.6 is 11.6 Å². The predicted octanol–water partition coefficient (Wildman–Crippen LogP) is 2.79. The molecule has 1 N–H and O–H groups in total. The van der Waals surface area contributed by atoms with Crippen LogP contribution in [0.1, 0.15) is 29.9 Å². The smallest absolute Gasteiger partial charge is 0.0952 e. The summed E-state index contributed by atoms with van der Waals surface area (Å²) < 4.78 is 2.22. The van der Waals surface area contributed by atoms with Gasteiger partial charge in [-0.15, -0.1) is 0 Å². The molecule has 0 radical (unpaired) electrons. The summed E-state index contributed by atoms with van der Waals surface area (Å²) in [5, 5.41) is 4.34. The monoisotopic (exact) mass is 261 g/mol. The fraction of sp³-hybridized carbons (Fsp3) is 0.357. The lowest BCUT2D eigenvalue weighted by molar-refractivity contribution is 0.524. The molecule has 0 fully saturated rings. The zero-order valence-electron chi connectivity index (χ0n) is 10.4. The molecule has 94 valence electrons. The summed E-state index contributed by atoms with van der Waals surface area (Å²) in [5.74, 6) is 0. The van der Waals surface area contributed by atoms with Crippen molar-refractivity contribution < 1.29 is 0 Å². The Balaban J connectivity index is 2.07. The third-order valence-corrected chi connectivity index (χ3v) is 3.70. The number of imidazole rings is 1. The molecule has 4 heteroatoms. The van der Waals surface area contributed by atoms with Gasteiger partial charge in [-0.25, -0.2) is 4.98 Å². The number of nitrogens with zero attached hydrogens (tertiary/aromatic N) is 2. The maximum absolute atomic E-state index is 6.09. The van der Waals surface area contributed by atoms with Gasteiger partial charge < -0.3 is 9.88 Å².